The Kier molecular flexibility index (Phi) is 9.84. The van der Waals surface area contributed by atoms with Crippen LogP contribution < -0.4 is 0 Å². The second-order valence-corrected chi connectivity index (χ2v) is 14.1. The standard InChI is InChI=1S/C51H36N3O2.Pt/c55-47-30-29-38(34-15-4-1-5-16-34)32-43(47)50-53-49-42(26-14-28-46(49)54(50)45-27-13-22-35-17-10-11-25-41(35)45)39-23-12-24-40(31-39)51-52-44(33-56-51)48(36-18-6-2-7-19-36)37-20-8-3-9-21-37;/h1-30,32,44,48,55H,33H2;/q-1;/t44-;/m1./s1. The van der Waals surface area contributed by atoms with E-state index in [1.807, 2.05) is 54.6 Å². The van der Waals surface area contributed by atoms with Crippen molar-refractivity contribution in [3.8, 4) is 45.1 Å². The smallest absolute Gasteiger partial charge is 0.148 e. The number of aliphatic imine (C=N–C) groups is 1. The molecule has 0 unspecified atom stereocenters. The molecule has 8 aromatic carbocycles. The van der Waals surface area contributed by atoms with E-state index in [1.165, 1.54) is 11.1 Å². The van der Waals surface area contributed by atoms with Crippen LogP contribution in [0.25, 0.3) is 61.1 Å². The first kappa shape index (κ1) is 36.1. The topological polar surface area (TPSA) is 59.6 Å². The number of aromatic hydroxyl groups is 1. The molecule has 9 aromatic rings. The summed E-state index contributed by atoms with van der Waals surface area (Å²) in [6.45, 7) is 0.474. The van der Waals surface area contributed by atoms with E-state index in [-0.39, 0.29) is 38.8 Å². The molecule has 1 aliphatic heterocycles. The van der Waals surface area contributed by atoms with Crippen molar-refractivity contribution in [2.24, 2.45) is 4.99 Å². The number of phenolic OH excluding ortho intramolecular Hbond substituents is 1. The third-order valence-corrected chi connectivity index (χ3v) is 10.7. The molecule has 1 atom stereocenters. The summed E-state index contributed by atoms with van der Waals surface area (Å²) in [5.41, 5.74) is 10.4. The average molecular weight is 918 g/mol. The van der Waals surface area contributed by atoms with Gasteiger partial charge in [-0.15, -0.1) is 29.8 Å². The van der Waals surface area contributed by atoms with E-state index in [1.54, 1.807) is 6.07 Å². The van der Waals surface area contributed by atoms with E-state index in [0.717, 1.165) is 55.3 Å². The number of ether oxygens (including phenoxy) is 1. The zero-order chi connectivity index (χ0) is 37.4. The van der Waals surface area contributed by atoms with E-state index in [0.29, 0.717) is 23.9 Å². The number of hydrogen-bond donors (Lipinski definition) is 1. The van der Waals surface area contributed by atoms with Gasteiger partial charge in [-0.25, -0.2) is 4.98 Å². The summed E-state index contributed by atoms with van der Waals surface area (Å²) in [6.07, 6.45) is 0. The first-order chi connectivity index (χ1) is 27.7. The number of phenols is 1. The van der Waals surface area contributed by atoms with Gasteiger partial charge in [-0.05, 0) is 51.9 Å². The predicted molar refractivity (Wildman–Crippen MR) is 226 cm³/mol. The summed E-state index contributed by atoms with van der Waals surface area (Å²) in [5.74, 6) is 1.45. The summed E-state index contributed by atoms with van der Waals surface area (Å²) in [6, 6.07) is 67.7. The first-order valence-corrected chi connectivity index (χ1v) is 18.9. The molecule has 10 rings (SSSR count). The molecule has 6 heteroatoms. The van der Waals surface area contributed by atoms with Crippen molar-refractivity contribution in [2.45, 2.75) is 12.0 Å². The summed E-state index contributed by atoms with van der Waals surface area (Å²) < 4.78 is 8.54. The Morgan fingerprint density at radius 2 is 1.26 bits per heavy atom. The largest absolute Gasteiger partial charge is 0.509 e. The van der Waals surface area contributed by atoms with Crippen LogP contribution in [-0.4, -0.2) is 33.2 Å². The molecule has 278 valence electrons. The molecule has 1 aromatic heterocycles. The number of benzene rings is 8. The maximum Gasteiger partial charge on any atom is 0.148 e. The Hall–Kier alpha value is -6.55. The van der Waals surface area contributed by atoms with Gasteiger partial charge in [0.1, 0.15) is 24.1 Å². The minimum Gasteiger partial charge on any atom is -0.509 e. The van der Waals surface area contributed by atoms with Gasteiger partial charge in [0.25, 0.3) is 0 Å². The number of rotatable bonds is 8. The van der Waals surface area contributed by atoms with Crippen LogP contribution in [0.2, 0.25) is 0 Å². The number of imidazole rings is 1. The summed E-state index contributed by atoms with van der Waals surface area (Å²) in [4.78, 5) is 10.6. The fourth-order valence-corrected chi connectivity index (χ4v) is 8.09. The zero-order valence-electron chi connectivity index (χ0n) is 30.8. The fourth-order valence-electron chi connectivity index (χ4n) is 8.09. The molecule has 0 fully saturated rings. The summed E-state index contributed by atoms with van der Waals surface area (Å²) in [7, 11) is 0. The average Bonchev–Trinajstić information content (AvgIpc) is 3.91. The fraction of sp³-hybridized carbons (Fsp3) is 0.0588. The van der Waals surface area contributed by atoms with E-state index in [2.05, 4.69) is 138 Å². The van der Waals surface area contributed by atoms with Gasteiger partial charge in [0.2, 0.25) is 0 Å². The molecule has 0 bridgehead atoms. The zero-order valence-corrected chi connectivity index (χ0v) is 33.0. The first-order valence-electron chi connectivity index (χ1n) is 18.9. The van der Waals surface area contributed by atoms with E-state index in [9.17, 15) is 5.11 Å². The van der Waals surface area contributed by atoms with Crippen LogP contribution in [0.1, 0.15) is 22.6 Å². The number of nitrogens with zero attached hydrogens (tertiary/aromatic N) is 3. The van der Waals surface area contributed by atoms with Gasteiger partial charge in [0.05, 0.1) is 28.3 Å². The van der Waals surface area contributed by atoms with Crippen LogP contribution in [-0.2, 0) is 25.8 Å². The normalized spacial score (nSPS) is 13.7. The molecule has 0 saturated carbocycles. The Labute approximate surface area is 345 Å². The van der Waals surface area contributed by atoms with Crippen LogP contribution in [0.4, 0.5) is 0 Å². The molecule has 1 aliphatic rings. The van der Waals surface area contributed by atoms with Crippen LogP contribution >= 0.6 is 0 Å². The molecule has 0 saturated heterocycles. The van der Waals surface area contributed by atoms with E-state index < -0.39 is 0 Å². The van der Waals surface area contributed by atoms with Gasteiger partial charge in [-0.1, -0.05) is 157 Å². The molecule has 2 heterocycles. The van der Waals surface area contributed by atoms with Crippen molar-refractivity contribution in [1.82, 2.24) is 9.55 Å². The van der Waals surface area contributed by atoms with Crippen LogP contribution in [0.5, 0.6) is 5.75 Å². The molecule has 57 heavy (non-hydrogen) atoms. The molecule has 0 radical (unpaired) electrons. The van der Waals surface area contributed by atoms with Gasteiger partial charge in [0, 0.05) is 32.4 Å². The maximum absolute atomic E-state index is 11.5. The van der Waals surface area contributed by atoms with Crippen molar-refractivity contribution >= 4 is 27.7 Å². The predicted octanol–water partition coefficient (Wildman–Crippen LogP) is 11.7. The van der Waals surface area contributed by atoms with Crippen LogP contribution in [0.3, 0.4) is 0 Å². The van der Waals surface area contributed by atoms with Gasteiger partial charge in [0.15, 0.2) is 0 Å². The minimum absolute atomic E-state index is 0. The van der Waals surface area contributed by atoms with Gasteiger partial charge in [-0.2, -0.15) is 0 Å². The van der Waals surface area contributed by atoms with Crippen molar-refractivity contribution in [3.05, 3.63) is 211 Å². The summed E-state index contributed by atoms with van der Waals surface area (Å²) in [5, 5.41) is 13.7. The number of aromatic nitrogens is 2. The maximum atomic E-state index is 11.5. The quantitative estimate of drug-likeness (QED) is 0.155. The Bertz CT molecular complexity index is 2850. The summed E-state index contributed by atoms with van der Waals surface area (Å²) >= 11 is 0. The second-order valence-electron chi connectivity index (χ2n) is 14.1. The Balaban J connectivity index is 0.00000422. The molecule has 0 spiro atoms. The molecule has 5 nitrogen and oxygen atoms in total. The van der Waals surface area contributed by atoms with E-state index in [4.69, 9.17) is 14.7 Å². The van der Waals surface area contributed by atoms with Crippen LogP contribution in [0.15, 0.2) is 193 Å². The molecular formula is C51H36N3O2Pt-. The third kappa shape index (κ3) is 6.75. The second kappa shape index (κ2) is 15.5. The Morgan fingerprint density at radius 1 is 0.614 bits per heavy atom. The van der Waals surface area contributed by atoms with Crippen molar-refractivity contribution < 1.29 is 30.9 Å². The molecule has 1 N–H and O–H groups in total. The SMILES string of the molecule is Oc1ccc(-c2ccccc2)cc1-c1nc2c(-c3[c-]c(C4=N[C@@H](C(c5ccccc5)c5ccccc5)CO4)ccc3)cccc2n1-c1cccc2ccccc12.[Pt]. The third-order valence-electron chi connectivity index (χ3n) is 10.7. The number of para-hydroxylation sites is 1. The van der Waals surface area contributed by atoms with Gasteiger partial charge in [-0.3, -0.25) is 9.56 Å². The monoisotopic (exact) mass is 917 g/mol. The number of fused-ring (bicyclic) bond motifs is 2. The molecule has 0 amide bonds. The van der Waals surface area contributed by atoms with Gasteiger partial charge < -0.3 is 9.84 Å². The number of hydrogen-bond acceptors (Lipinski definition) is 4. The van der Waals surface area contributed by atoms with Crippen molar-refractivity contribution in [2.75, 3.05) is 6.61 Å². The van der Waals surface area contributed by atoms with Crippen molar-refractivity contribution in [3.63, 3.8) is 0 Å². The molecule has 0 aliphatic carbocycles. The molecular weight excluding hydrogens is 882 g/mol. The van der Waals surface area contributed by atoms with E-state index >= 15 is 0 Å². The Morgan fingerprint density at radius 3 is 2.04 bits per heavy atom. The van der Waals surface area contributed by atoms with Crippen molar-refractivity contribution in [1.29, 1.82) is 0 Å². The minimum atomic E-state index is -0.0893. The van der Waals surface area contributed by atoms with Gasteiger partial charge >= 0.3 is 0 Å². The van der Waals surface area contributed by atoms with Crippen LogP contribution in [0, 0.1) is 6.07 Å².